The fourth-order valence-electron chi connectivity index (χ4n) is 2.04. The minimum absolute atomic E-state index is 0.00860. The molecule has 1 amide bonds. The van der Waals surface area contributed by atoms with Crippen LogP contribution in [0.15, 0.2) is 42.5 Å². The minimum Gasteiger partial charge on any atom is -0.352 e. The number of halogens is 2. The summed E-state index contributed by atoms with van der Waals surface area (Å²) in [5.41, 5.74) is 1.07. The van der Waals surface area contributed by atoms with E-state index in [0.29, 0.717) is 11.6 Å². The van der Waals surface area contributed by atoms with Crippen molar-refractivity contribution in [1.29, 1.82) is 0 Å². The molecule has 5 nitrogen and oxygen atoms in total. The van der Waals surface area contributed by atoms with Gasteiger partial charge in [-0.1, -0.05) is 35.3 Å². The molecule has 2 aromatic carbocycles. The van der Waals surface area contributed by atoms with Gasteiger partial charge in [0.15, 0.2) is 0 Å². The van der Waals surface area contributed by atoms with Gasteiger partial charge in [0.05, 0.1) is 4.92 Å². The molecule has 0 aliphatic heterocycles. The summed E-state index contributed by atoms with van der Waals surface area (Å²) in [6.07, 6.45) is 1.56. The first-order valence-corrected chi connectivity index (χ1v) is 7.69. The van der Waals surface area contributed by atoms with Crippen LogP contribution in [0, 0.1) is 10.1 Å². The normalized spacial score (nSPS) is 10.3. The van der Waals surface area contributed by atoms with Crippen LogP contribution in [0.3, 0.4) is 0 Å². The lowest BCUT2D eigenvalue weighted by Gasteiger charge is -2.06. The third-order valence-electron chi connectivity index (χ3n) is 3.25. The van der Waals surface area contributed by atoms with Gasteiger partial charge in [-0.15, -0.1) is 0 Å². The molecular weight excluding hydrogens is 339 g/mol. The SMILES string of the molecule is O=C(NCCCc1ccc(Cl)cc1)c1ccc(Cl)c([N+](=O)[O-])c1. The fourth-order valence-corrected chi connectivity index (χ4v) is 2.35. The van der Waals surface area contributed by atoms with Gasteiger partial charge in [0.25, 0.3) is 11.6 Å². The molecule has 0 fully saturated rings. The molecule has 0 radical (unpaired) electrons. The van der Waals surface area contributed by atoms with Crippen LogP contribution in [-0.4, -0.2) is 17.4 Å². The summed E-state index contributed by atoms with van der Waals surface area (Å²) in [6.45, 7) is 0.470. The molecule has 0 heterocycles. The van der Waals surface area contributed by atoms with Crippen LogP contribution in [0.4, 0.5) is 5.69 Å². The maximum Gasteiger partial charge on any atom is 0.288 e. The number of nitro groups is 1. The van der Waals surface area contributed by atoms with E-state index in [9.17, 15) is 14.9 Å². The van der Waals surface area contributed by atoms with Crippen LogP contribution < -0.4 is 5.32 Å². The van der Waals surface area contributed by atoms with Crippen molar-refractivity contribution in [2.45, 2.75) is 12.8 Å². The molecule has 0 aromatic heterocycles. The van der Waals surface area contributed by atoms with E-state index in [2.05, 4.69) is 5.32 Å². The van der Waals surface area contributed by atoms with E-state index >= 15 is 0 Å². The lowest BCUT2D eigenvalue weighted by Crippen LogP contribution is -2.24. The van der Waals surface area contributed by atoms with E-state index in [-0.39, 0.29) is 22.2 Å². The van der Waals surface area contributed by atoms with Crippen molar-refractivity contribution in [3.05, 3.63) is 73.8 Å². The van der Waals surface area contributed by atoms with Crippen molar-refractivity contribution >= 4 is 34.8 Å². The summed E-state index contributed by atoms with van der Waals surface area (Å²) in [6, 6.07) is 11.5. The molecule has 0 spiro atoms. The highest BCUT2D eigenvalue weighted by atomic mass is 35.5. The van der Waals surface area contributed by atoms with Gasteiger partial charge in [0.1, 0.15) is 5.02 Å². The van der Waals surface area contributed by atoms with Gasteiger partial charge in [-0.25, -0.2) is 0 Å². The number of hydrogen-bond acceptors (Lipinski definition) is 3. The predicted octanol–water partition coefficient (Wildman–Crippen LogP) is 4.26. The number of aryl methyl sites for hydroxylation is 1. The first kappa shape index (κ1) is 17.2. The van der Waals surface area contributed by atoms with Crippen molar-refractivity contribution in [2.24, 2.45) is 0 Å². The number of nitrogens with zero attached hydrogens (tertiary/aromatic N) is 1. The van der Waals surface area contributed by atoms with Crippen LogP contribution in [0.5, 0.6) is 0 Å². The lowest BCUT2D eigenvalue weighted by molar-refractivity contribution is -0.384. The Balaban J connectivity index is 1.86. The summed E-state index contributed by atoms with van der Waals surface area (Å²) >= 11 is 11.5. The molecule has 2 rings (SSSR count). The zero-order valence-corrected chi connectivity index (χ0v) is 13.6. The van der Waals surface area contributed by atoms with Crippen molar-refractivity contribution in [3.8, 4) is 0 Å². The van der Waals surface area contributed by atoms with Crippen LogP contribution in [0.25, 0.3) is 0 Å². The van der Waals surface area contributed by atoms with Gasteiger partial charge in [-0.05, 0) is 42.7 Å². The van der Waals surface area contributed by atoms with E-state index in [1.54, 1.807) is 0 Å². The second-order valence-corrected chi connectivity index (χ2v) is 5.75. The molecule has 0 saturated carbocycles. The summed E-state index contributed by atoms with van der Waals surface area (Å²) < 4.78 is 0. The Morgan fingerprint density at radius 1 is 1.13 bits per heavy atom. The third-order valence-corrected chi connectivity index (χ3v) is 3.82. The first-order valence-electron chi connectivity index (χ1n) is 6.94. The van der Waals surface area contributed by atoms with E-state index in [0.717, 1.165) is 18.4 Å². The molecule has 120 valence electrons. The largest absolute Gasteiger partial charge is 0.352 e. The number of nitrogens with one attached hydrogen (secondary N) is 1. The minimum atomic E-state index is -0.611. The van der Waals surface area contributed by atoms with Gasteiger partial charge >= 0.3 is 0 Å². The summed E-state index contributed by atoms with van der Waals surface area (Å²) in [5, 5.41) is 14.2. The van der Waals surface area contributed by atoms with Crippen molar-refractivity contribution in [1.82, 2.24) is 5.32 Å². The second-order valence-electron chi connectivity index (χ2n) is 4.91. The summed E-state index contributed by atoms with van der Waals surface area (Å²) in [4.78, 5) is 22.2. The number of amides is 1. The predicted molar refractivity (Wildman–Crippen MR) is 90.2 cm³/mol. The highest BCUT2D eigenvalue weighted by molar-refractivity contribution is 6.32. The standard InChI is InChI=1S/C16H14Cl2N2O3/c17-13-6-3-11(4-7-13)2-1-9-19-16(21)12-5-8-14(18)15(10-12)20(22)23/h3-8,10H,1-2,9H2,(H,19,21). The Hall–Kier alpha value is -2.11. The molecule has 0 aliphatic rings. The van der Waals surface area contributed by atoms with Crippen LogP contribution >= 0.6 is 23.2 Å². The number of carbonyl (C=O) groups excluding carboxylic acids is 1. The molecule has 0 unspecified atom stereocenters. The second kappa shape index (κ2) is 7.94. The quantitative estimate of drug-likeness (QED) is 0.479. The van der Waals surface area contributed by atoms with E-state index in [1.165, 1.54) is 18.2 Å². The van der Waals surface area contributed by atoms with Gasteiger partial charge < -0.3 is 5.32 Å². The number of carbonyl (C=O) groups is 1. The average molecular weight is 353 g/mol. The molecule has 23 heavy (non-hydrogen) atoms. The highest BCUT2D eigenvalue weighted by Gasteiger charge is 2.15. The Morgan fingerprint density at radius 3 is 2.48 bits per heavy atom. The maximum absolute atomic E-state index is 12.0. The van der Waals surface area contributed by atoms with Crippen molar-refractivity contribution in [3.63, 3.8) is 0 Å². The van der Waals surface area contributed by atoms with Crippen molar-refractivity contribution < 1.29 is 9.72 Å². The topological polar surface area (TPSA) is 72.2 Å². The number of nitro benzene ring substituents is 1. The molecule has 0 atom stereocenters. The van der Waals surface area contributed by atoms with E-state index in [4.69, 9.17) is 23.2 Å². The fraction of sp³-hybridized carbons (Fsp3) is 0.188. The third kappa shape index (κ3) is 4.94. The van der Waals surface area contributed by atoms with Gasteiger partial charge in [0.2, 0.25) is 0 Å². The van der Waals surface area contributed by atoms with Crippen molar-refractivity contribution in [2.75, 3.05) is 6.54 Å². The molecule has 0 saturated heterocycles. The molecule has 1 N–H and O–H groups in total. The van der Waals surface area contributed by atoms with Crippen LogP contribution in [-0.2, 0) is 6.42 Å². The zero-order chi connectivity index (χ0) is 16.8. The molecule has 2 aromatic rings. The van der Waals surface area contributed by atoms with E-state index in [1.807, 2.05) is 24.3 Å². The first-order chi connectivity index (χ1) is 11.0. The van der Waals surface area contributed by atoms with Gasteiger partial charge in [0, 0.05) is 23.2 Å². The monoisotopic (exact) mass is 352 g/mol. The van der Waals surface area contributed by atoms with Gasteiger partial charge in [-0.2, -0.15) is 0 Å². The smallest absolute Gasteiger partial charge is 0.288 e. The number of rotatable bonds is 6. The number of benzene rings is 2. The lowest BCUT2D eigenvalue weighted by atomic mass is 10.1. The van der Waals surface area contributed by atoms with E-state index < -0.39 is 4.92 Å². The Bertz CT molecular complexity index is 718. The molecular formula is C16H14Cl2N2O3. The zero-order valence-electron chi connectivity index (χ0n) is 12.1. The Kier molecular flexibility index (Phi) is 5.96. The number of hydrogen-bond donors (Lipinski definition) is 1. The molecule has 0 aliphatic carbocycles. The molecule has 0 bridgehead atoms. The summed E-state index contributed by atoms with van der Waals surface area (Å²) in [5.74, 6) is -0.360. The van der Waals surface area contributed by atoms with Crippen LogP contribution in [0.1, 0.15) is 22.3 Å². The highest BCUT2D eigenvalue weighted by Crippen LogP contribution is 2.24. The maximum atomic E-state index is 12.0. The average Bonchev–Trinajstić information content (AvgIpc) is 2.53. The summed E-state index contributed by atoms with van der Waals surface area (Å²) in [7, 11) is 0. The Morgan fingerprint density at radius 2 is 1.83 bits per heavy atom. The van der Waals surface area contributed by atoms with Gasteiger partial charge in [-0.3, -0.25) is 14.9 Å². The van der Waals surface area contributed by atoms with Crippen LogP contribution in [0.2, 0.25) is 10.0 Å². The molecule has 7 heteroatoms. The Labute approximate surface area is 143 Å².